The van der Waals surface area contributed by atoms with Gasteiger partial charge in [0.25, 0.3) is 5.91 Å². The number of amides is 1. The highest BCUT2D eigenvalue weighted by Gasteiger charge is 2.31. The number of hydrogen-bond donors (Lipinski definition) is 1. The molecule has 0 saturated carbocycles. The van der Waals surface area contributed by atoms with E-state index in [0.29, 0.717) is 5.56 Å². The monoisotopic (exact) mass is 417 g/mol. The van der Waals surface area contributed by atoms with Crippen LogP contribution in [0.1, 0.15) is 46.1 Å². The lowest BCUT2D eigenvalue weighted by molar-refractivity contribution is 0.0874. The number of benzene rings is 2. The van der Waals surface area contributed by atoms with Crippen LogP contribution >= 0.6 is 0 Å². The van der Waals surface area contributed by atoms with E-state index >= 15 is 0 Å². The second-order valence-corrected chi connectivity index (χ2v) is 8.28. The van der Waals surface area contributed by atoms with E-state index in [1.54, 1.807) is 6.20 Å². The number of carbonyl (C=O) groups excluding carboxylic acids is 1. The number of aromatic nitrogens is 1. The van der Waals surface area contributed by atoms with Crippen molar-refractivity contribution in [3.05, 3.63) is 101 Å². The van der Waals surface area contributed by atoms with Crippen LogP contribution in [0, 0.1) is 18.7 Å². The van der Waals surface area contributed by atoms with Gasteiger partial charge in [-0.15, -0.1) is 0 Å². The molecular weight excluding hydrogens is 389 g/mol. The lowest BCUT2D eigenvalue weighted by atomic mass is 9.88. The number of pyridine rings is 1. The number of piperidine rings is 1. The van der Waals surface area contributed by atoms with Crippen LogP contribution in [-0.4, -0.2) is 28.9 Å². The van der Waals surface area contributed by atoms with Crippen LogP contribution in [0.3, 0.4) is 0 Å². The summed E-state index contributed by atoms with van der Waals surface area (Å²) in [7, 11) is 0. The summed E-state index contributed by atoms with van der Waals surface area (Å²) >= 11 is 0. The first-order valence-electron chi connectivity index (χ1n) is 10.8. The first-order chi connectivity index (χ1) is 15.1. The molecule has 160 valence electrons. The van der Waals surface area contributed by atoms with Crippen molar-refractivity contribution in [3.8, 4) is 0 Å². The van der Waals surface area contributed by atoms with Gasteiger partial charge in [-0.05, 0) is 73.7 Å². The minimum Gasteiger partial charge on any atom is -0.343 e. The van der Waals surface area contributed by atoms with Crippen molar-refractivity contribution in [2.45, 2.75) is 32.4 Å². The number of hydrogen-bond acceptors (Lipinski definition) is 3. The smallest absolute Gasteiger partial charge is 0.252 e. The molecule has 2 atom stereocenters. The van der Waals surface area contributed by atoms with Gasteiger partial charge >= 0.3 is 0 Å². The Bertz CT molecular complexity index is 1010. The van der Waals surface area contributed by atoms with Crippen LogP contribution in [0.15, 0.2) is 72.9 Å². The van der Waals surface area contributed by atoms with Gasteiger partial charge in [0.1, 0.15) is 5.82 Å². The minimum absolute atomic E-state index is 0.0654. The molecule has 31 heavy (non-hydrogen) atoms. The Balaban J connectivity index is 1.53. The summed E-state index contributed by atoms with van der Waals surface area (Å²) in [5.74, 6) is -0.0316. The molecule has 4 nitrogen and oxygen atoms in total. The highest BCUT2D eigenvalue weighted by Crippen LogP contribution is 2.30. The maximum absolute atomic E-state index is 13.2. The number of nitrogens with zero attached hydrogens (tertiary/aromatic N) is 2. The molecular formula is C26H28FN3O. The van der Waals surface area contributed by atoms with Crippen LogP contribution in [-0.2, 0) is 6.54 Å². The highest BCUT2D eigenvalue weighted by atomic mass is 19.1. The van der Waals surface area contributed by atoms with Crippen molar-refractivity contribution in [1.82, 2.24) is 15.2 Å². The zero-order valence-corrected chi connectivity index (χ0v) is 17.8. The normalized spacial score (nSPS) is 17.8. The van der Waals surface area contributed by atoms with E-state index in [2.05, 4.69) is 15.2 Å². The second-order valence-electron chi connectivity index (χ2n) is 8.28. The fourth-order valence-corrected chi connectivity index (χ4v) is 4.39. The van der Waals surface area contributed by atoms with Crippen LogP contribution in [0.4, 0.5) is 4.39 Å². The Labute approximate surface area is 183 Å². The van der Waals surface area contributed by atoms with E-state index in [1.807, 2.05) is 61.5 Å². The summed E-state index contributed by atoms with van der Waals surface area (Å²) in [5.41, 5.74) is 3.64. The number of carbonyl (C=O) groups is 1. The van der Waals surface area contributed by atoms with Gasteiger partial charge in [-0.1, -0.05) is 36.4 Å². The van der Waals surface area contributed by atoms with Gasteiger partial charge < -0.3 is 5.32 Å². The summed E-state index contributed by atoms with van der Waals surface area (Å²) in [6.45, 7) is 4.58. The first kappa shape index (κ1) is 21.2. The van der Waals surface area contributed by atoms with E-state index in [0.717, 1.165) is 49.3 Å². The maximum Gasteiger partial charge on any atom is 0.252 e. The molecule has 1 N–H and O–H groups in total. The second kappa shape index (κ2) is 9.84. The Morgan fingerprint density at radius 1 is 1.13 bits per heavy atom. The van der Waals surface area contributed by atoms with Crippen LogP contribution < -0.4 is 5.32 Å². The molecule has 3 aromatic rings. The van der Waals surface area contributed by atoms with Gasteiger partial charge in [-0.25, -0.2) is 4.39 Å². The van der Waals surface area contributed by atoms with Crippen molar-refractivity contribution in [2.75, 3.05) is 13.1 Å². The van der Waals surface area contributed by atoms with Crippen molar-refractivity contribution in [2.24, 2.45) is 5.92 Å². The van der Waals surface area contributed by atoms with Gasteiger partial charge in [-0.3, -0.25) is 14.7 Å². The Hall–Kier alpha value is -3.05. The fraction of sp³-hybridized carbons (Fsp3) is 0.308. The van der Waals surface area contributed by atoms with E-state index < -0.39 is 0 Å². The van der Waals surface area contributed by atoms with Crippen LogP contribution in [0.5, 0.6) is 0 Å². The number of likely N-dealkylation sites (tertiary alicyclic amines) is 1. The van der Waals surface area contributed by atoms with Gasteiger partial charge in [0.2, 0.25) is 0 Å². The molecule has 0 bridgehead atoms. The van der Waals surface area contributed by atoms with Crippen molar-refractivity contribution in [1.29, 1.82) is 0 Å². The Morgan fingerprint density at radius 3 is 2.65 bits per heavy atom. The van der Waals surface area contributed by atoms with Gasteiger partial charge in [0.15, 0.2) is 0 Å². The third-order valence-corrected chi connectivity index (χ3v) is 6.02. The zero-order chi connectivity index (χ0) is 21.6. The summed E-state index contributed by atoms with van der Waals surface area (Å²) in [6, 6.07) is 20.0. The van der Waals surface area contributed by atoms with E-state index in [1.165, 1.54) is 12.1 Å². The average Bonchev–Trinajstić information content (AvgIpc) is 2.80. The summed E-state index contributed by atoms with van der Waals surface area (Å²) < 4.78 is 13.2. The first-order valence-corrected chi connectivity index (χ1v) is 10.8. The standard InChI is InChI=1S/C26H28FN3O/c1-19-7-2-3-9-23(19)26(31)29-25(24-10-4-5-15-28-24)21-8-6-16-30(18-21)17-20-11-13-22(27)14-12-20/h2-5,7,9-15,21,25H,6,8,16-18H2,1H3,(H,29,31)/t21-,25+/m0/s1. The molecule has 1 aliphatic heterocycles. The van der Waals surface area contributed by atoms with E-state index in [-0.39, 0.29) is 23.7 Å². The Kier molecular flexibility index (Phi) is 6.73. The van der Waals surface area contributed by atoms with E-state index in [9.17, 15) is 9.18 Å². The topological polar surface area (TPSA) is 45.2 Å². The van der Waals surface area contributed by atoms with Crippen molar-refractivity contribution >= 4 is 5.91 Å². The predicted octanol–water partition coefficient (Wildman–Crippen LogP) is 4.91. The number of nitrogens with one attached hydrogen (secondary N) is 1. The molecule has 2 heterocycles. The molecule has 1 aromatic heterocycles. The average molecular weight is 418 g/mol. The Morgan fingerprint density at radius 2 is 1.90 bits per heavy atom. The third-order valence-electron chi connectivity index (χ3n) is 6.02. The third kappa shape index (κ3) is 5.36. The molecule has 0 spiro atoms. The van der Waals surface area contributed by atoms with Crippen LogP contribution in [0.25, 0.3) is 0 Å². The molecule has 1 amide bonds. The molecule has 1 fully saturated rings. The molecule has 2 aromatic carbocycles. The predicted molar refractivity (Wildman–Crippen MR) is 120 cm³/mol. The van der Waals surface area contributed by atoms with Crippen molar-refractivity contribution in [3.63, 3.8) is 0 Å². The van der Waals surface area contributed by atoms with Gasteiger partial charge in [-0.2, -0.15) is 0 Å². The largest absolute Gasteiger partial charge is 0.343 e. The fourth-order valence-electron chi connectivity index (χ4n) is 4.39. The summed E-state index contributed by atoms with van der Waals surface area (Å²) in [6.07, 6.45) is 3.85. The molecule has 0 unspecified atom stereocenters. The molecule has 0 aliphatic carbocycles. The summed E-state index contributed by atoms with van der Waals surface area (Å²) in [5, 5.41) is 3.27. The summed E-state index contributed by atoms with van der Waals surface area (Å²) in [4.78, 5) is 20.1. The molecule has 5 heteroatoms. The van der Waals surface area contributed by atoms with E-state index in [4.69, 9.17) is 0 Å². The zero-order valence-electron chi connectivity index (χ0n) is 17.8. The number of halogens is 1. The molecule has 0 radical (unpaired) electrons. The SMILES string of the molecule is Cc1ccccc1C(=O)N[C@@H](c1ccccn1)[C@H]1CCCN(Cc2ccc(F)cc2)C1. The van der Waals surface area contributed by atoms with Crippen molar-refractivity contribution < 1.29 is 9.18 Å². The molecule has 4 rings (SSSR count). The number of aryl methyl sites for hydroxylation is 1. The van der Waals surface area contributed by atoms with Gasteiger partial charge in [0.05, 0.1) is 11.7 Å². The maximum atomic E-state index is 13.2. The van der Waals surface area contributed by atoms with Crippen LogP contribution in [0.2, 0.25) is 0 Å². The minimum atomic E-state index is -0.214. The van der Waals surface area contributed by atoms with Gasteiger partial charge in [0, 0.05) is 24.8 Å². The number of rotatable bonds is 6. The lowest BCUT2D eigenvalue weighted by Gasteiger charge is -2.37. The molecule has 1 saturated heterocycles. The lowest BCUT2D eigenvalue weighted by Crippen LogP contribution is -2.43. The molecule has 1 aliphatic rings. The quantitative estimate of drug-likeness (QED) is 0.620. The highest BCUT2D eigenvalue weighted by molar-refractivity contribution is 5.95.